The molecule has 2 rings (SSSR count). The van der Waals surface area contributed by atoms with E-state index in [9.17, 15) is 24.0 Å². The second-order valence-electron chi connectivity index (χ2n) is 10.2. The Hall–Kier alpha value is -4.71. The number of carbonyl (C=O) groups is 5. The summed E-state index contributed by atoms with van der Waals surface area (Å²) in [5, 5.41) is 0. The molecule has 1 aliphatic carbocycles. The van der Waals surface area contributed by atoms with Gasteiger partial charge in [-0.2, -0.15) is 0 Å². The molecule has 0 aromatic heterocycles. The maximum absolute atomic E-state index is 12.9. The number of aryl methyl sites for hydroxylation is 1. The number of hydrogen-bond acceptors (Lipinski definition) is 12. The van der Waals surface area contributed by atoms with E-state index >= 15 is 0 Å². The van der Waals surface area contributed by atoms with Crippen molar-refractivity contribution in [3.05, 3.63) is 79.9 Å². The lowest BCUT2D eigenvalue weighted by Crippen LogP contribution is -2.37. The summed E-state index contributed by atoms with van der Waals surface area (Å²) in [6.45, 7) is 16.6. The van der Waals surface area contributed by atoms with Crippen molar-refractivity contribution >= 4 is 29.8 Å². The van der Waals surface area contributed by atoms with Crippen LogP contribution in [0.2, 0.25) is 0 Å². The fraction of sp³-hybridized carbons (Fsp3) is 0.424. The predicted octanol–water partition coefficient (Wildman–Crippen LogP) is 3.76. The van der Waals surface area contributed by atoms with Crippen LogP contribution in [0, 0.1) is 12.8 Å². The molecule has 0 amide bonds. The van der Waals surface area contributed by atoms with Crippen LogP contribution in [-0.4, -0.2) is 80.7 Å². The zero-order valence-corrected chi connectivity index (χ0v) is 25.6. The minimum absolute atomic E-state index is 0.00850. The summed E-state index contributed by atoms with van der Waals surface area (Å²) >= 11 is 0. The Morgan fingerprint density at radius 2 is 1.36 bits per heavy atom. The third-order valence-corrected chi connectivity index (χ3v) is 6.70. The Kier molecular flexibility index (Phi) is 15.3. The highest BCUT2D eigenvalue weighted by Gasteiger charge is 2.32. The first-order valence-electron chi connectivity index (χ1n) is 14.3. The summed E-state index contributed by atoms with van der Waals surface area (Å²) in [7, 11) is 0. The first-order valence-corrected chi connectivity index (χ1v) is 14.3. The van der Waals surface area contributed by atoms with E-state index in [-0.39, 0.29) is 44.6 Å². The summed E-state index contributed by atoms with van der Waals surface area (Å²) in [6.07, 6.45) is 3.48. The summed E-state index contributed by atoms with van der Waals surface area (Å²) in [4.78, 5) is 59.1. The van der Waals surface area contributed by atoms with Crippen molar-refractivity contribution in [1.29, 1.82) is 0 Å². The predicted molar refractivity (Wildman–Crippen MR) is 161 cm³/mol. The van der Waals surface area contributed by atoms with Crippen LogP contribution in [0.3, 0.4) is 0 Å². The van der Waals surface area contributed by atoms with E-state index in [0.717, 1.165) is 24.3 Å². The summed E-state index contributed by atoms with van der Waals surface area (Å²) in [5.41, 5.74) is 0.971. The van der Waals surface area contributed by atoms with Gasteiger partial charge in [-0.1, -0.05) is 33.2 Å². The van der Waals surface area contributed by atoms with Crippen LogP contribution in [0.4, 0.5) is 0 Å². The third-order valence-electron chi connectivity index (χ3n) is 6.70. The lowest BCUT2D eigenvalue weighted by molar-refractivity contribution is -0.159. The zero-order valence-electron chi connectivity index (χ0n) is 25.6. The molecule has 0 saturated heterocycles. The van der Waals surface area contributed by atoms with E-state index in [1.807, 2.05) is 6.92 Å². The molecule has 0 aliphatic heterocycles. The highest BCUT2D eigenvalue weighted by atomic mass is 16.6. The van der Waals surface area contributed by atoms with Crippen molar-refractivity contribution in [2.45, 2.75) is 57.5 Å². The van der Waals surface area contributed by atoms with E-state index in [2.05, 4.69) is 26.3 Å². The molecule has 1 aromatic carbocycles. The molecule has 12 nitrogen and oxygen atoms in total. The molecule has 45 heavy (non-hydrogen) atoms. The van der Waals surface area contributed by atoms with Gasteiger partial charge in [0.1, 0.15) is 31.7 Å². The van der Waals surface area contributed by atoms with Gasteiger partial charge in [-0.15, -0.1) is 0 Å². The van der Waals surface area contributed by atoms with Crippen molar-refractivity contribution in [2.75, 3.05) is 26.4 Å². The van der Waals surface area contributed by atoms with Gasteiger partial charge in [0.05, 0.1) is 18.3 Å². The molecule has 0 heterocycles. The van der Waals surface area contributed by atoms with Crippen molar-refractivity contribution in [2.24, 2.45) is 5.92 Å². The average Bonchev–Trinajstić information content (AvgIpc) is 3.03. The highest BCUT2D eigenvalue weighted by molar-refractivity contribution is 5.90. The van der Waals surface area contributed by atoms with Crippen LogP contribution < -0.4 is 4.74 Å². The van der Waals surface area contributed by atoms with E-state index in [0.29, 0.717) is 36.1 Å². The fourth-order valence-corrected chi connectivity index (χ4v) is 4.37. The van der Waals surface area contributed by atoms with Gasteiger partial charge in [-0.25, -0.2) is 24.0 Å². The number of hydrogen-bond donors (Lipinski definition) is 0. The van der Waals surface area contributed by atoms with Gasteiger partial charge < -0.3 is 33.2 Å². The maximum Gasteiger partial charge on any atom is 0.338 e. The van der Waals surface area contributed by atoms with Gasteiger partial charge in [0, 0.05) is 24.3 Å². The first kappa shape index (κ1) is 36.5. The molecule has 0 radical (unpaired) electrons. The number of rotatable bonds is 18. The van der Waals surface area contributed by atoms with Crippen molar-refractivity contribution < 1.29 is 57.1 Å². The summed E-state index contributed by atoms with van der Waals surface area (Å²) < 4.78 is 37.9. The minimum Gasteiger partial charge on any atom is -0.489 e. The molecule has 1 aliphatic rings. The molecular formula is C33H40O12. The molecule has 0 N–H and O–H groups in total. The Morgan fingerprint density at radius 3 is 1.87 bits per heavy atom. The molecule has 1 saturated carbocycles. The average molecular weight is 629 g/mol. The first-order chi connectivity index (χ1) is 21.5. The number of esters is 5. The van der Waals surface area contributed by atoms with Crippen molar-refractivity contribution in [3.63, 3.8) is 0 Å². The van der Waals surface area contributed by atoms with Crippen LogP contribution >= 0.6 is 0 Å². The normalized spacial score (nSPS) is 18.6. The van der Waals surface area contributed by atoms with Gasteiger partial charge in [0.15, 0.2) is 12.2 Å². The fourth-order valence-electron chi connectivity index (χ4n) is 4.37. The Balaban J connectivity index is 1.90. The molecule has 1 aromatic rings. The molecule has 12 heteroatoms. The molecule has 5 atom stereocenters. The molecule has 0 bridgehead atoms. The van der Waals surface area contributed by atoms with Crippen LogP contribution in [0.1, 0.15) is 42.1 Å². The third kappa shape index (κ3) is 12.8. The van der Waals surface area contributed by atoms with E-state index in [1.54, 1.807) is 25.1 Å². The largest absolute Gasteiger partial charge is 0.489 e. The van der Waals surface area contributed by atoms with Gasteiger partial charge in [0.25, 0.3) is 0 Å². The molecule has 244 valence electrons. The number of carbonyl (C=O) groups excluding carboxylic acids is 5. The zero-order chi connectivity index (χ0) is 33.4. The summed E-state index contributed by atoms with van der Waals surface area (Å²) in [6, 6.07) is 4.79. The second-order valence-corrected chi connectivity index (χ2v) is 10.2. The number of benzene rings is 1. The van der Waals surface area contributed by atoms with E-state index < -0.39 is 42.1 Å². The Bertz CT molecular complexity index is 1250. The van der Waals surface area contributed by atoms with Crippen LogP contribution in [0.15, 0.2) is 68.8 Å². The molecule has 5 unspecified atom stereocenters. The van der Waals surface area contributed by atoms with Crippen LogP contribution in [-0.2, 0) is 47.6 Å². The quantitative estimate of drug-likeness (QED) is 0.132. The maximum atomic E-state index is 12.9. The van der Waals surface area contributed by atoms with E-state index in [1.165, 1.54) is 0 Å². The standard InChI is InChI=1S/C33H40O12/c1-7-29(34)41-19-25(43-31(36)9-3)17-39-27-13-11-23(15-21(27)5)33(38)45-24-12-14-28(22(6)16-24)40-18-26(44-32(37)10-4)20-42-30(35)8-2/h7-11,13,15,22,24-26,28H,1-4,12,14,16-20H2,5-6H3. The van der Waals surface area contributed by atoms with Crippen LogP contribution in [0.5, 0.6) is 5.75 Å². The lowest BCUT2D eigenvalue weighted by Gasteiger charge is -2.34. The number of ether oxygens (including phenoxy) is 7. The van der Waals surface area contributed by atoms with Gasteiger partial charge in [-0.05, 0) is 55.9 Å². The Morgan fingerprint density at radius 1 is 0.800 bits per heavy atom. The molecule has 0 spiro atoms. The van der Waals surface area contributed by atoms with E-state index in [4.69, 9.17) is 33.2 Å². The highest BCUT2D eigenvalue weighted by Crippen LogP contribution is 2.30. The SMILES string of the molecule is C=CC(=O)OCC(COc1ccc(C(=O)OC2CCC(OCC(COC(=O)C=C)OC(=O)C=C)C(C)C2)cc1C)OC(=O)C=C. The van der Waals surface area contributed by atoms with Gasteiger partial charge in [0.2, 0.25) is 0 Å². The van der Waals surface area contributed by atoms with Gasteiger partial charge >= 0.3 is 29.8 Å². The second kappa shape index (κ2) is 18.8. The molecule has 1 fully saturated rings. The topological polar surface area (TPSA) is 150 Å². The molecular weight excluding hydrogens is 588 g/mol. The van der Waals surface area contributed by atoms with Crippen LogP contribution in [0.25, 0.3) is 0 Å². The summed E-state index contributed by atoms with van der Waals surface area (Å²) in [5.74, 6) is -2.72. The van der Waals surface area contributed by atoms with Gasteiger partial charge in [-0.3, -0.25) is 0 Å². The Labute approximate surface area is 262 Å². The van der Waals surface area contributed by atoms with Crippen molar-refractivity contribution in [3.8, 4) is 5.75 Å². The lowest BCUT2D eigenvalue weighted by atomic mass is 9.86. The monoisotopic (exact) mass is 628 g/mol. The van der Waals surface area contributed by atoms with Crippen molar-refractivity contribution in [1.82, 2.24) is 0 Å². The minimum atomic E-state index is -0.896. The smallest absolute Gasteiger partial charge is 0.338 e.